The van der Waals surface area contributed by atoms with Crippen molar-refractivity contribution in [2.75, 3.05) is 31.6 Å². The fourth-order valence-electron chi connectivity index (χ4n) is 3.70. The van der Waals surface area contributed by atoms with Gasteiger partial charge >= 0.3 is 0 Å². The maximum Gasteiger partial charge on any atom is 0.223 e. The largest absolute Gasteiger partial charge is 0.495 e. The third-order valence-electron chi connectivity index (χ3n) is 5.01. The number of anilines is 1. The minimum Gasteiger partial charge on any atom is -0.495 e. The maximum absolute atomic E-state index is 12.5. The van der Waals surface area contributed by atoms with Gasteiger partial charge in [0.2, 0.25) is 5.91 Å². The van der Waals surface area contributed by atoms with E-state index >= 15 is 0 Å². The van der Waals surface area contributed by atoms with Crippen LogP contribution in [0.1, 0.15) is 26.2 Å². The third kappa shape index (κ3) is 3.95. The second-order valence-corrected chi connectivity index (χ2v) is 7.27. The molecule has 2 N–H and O–H groups in total. The quantitative estimate of drug-likeness (QED) is 0.874. The molecular formula is C18H26ClN3O2. The minimum absolute atomic E-state index is 0.135. The van der Waals surface area contributed by atoms with E-state index in [-0.39, 0.29) is 17.9 Å². The number of benzene rings is 1. The second kappa shape index (κ2) is 7.62. The lowest BCUT2D eigenvalue weighted by atomic mass is 9.92. The zero-order valence-electron chi connectivity index (χ0n) is 14.3. The summed E-state index contributed by atoms with van der Waals surface area (Å²) in [4.78, 5) is 14.8. The molecule has 2 fully saturated rings. The molecule has 1 unspecified atom stereocenters. The number of carbonyl (C=O) groups is 1. The van der Waals surface area contributed by atoms with Crippen molar-refractivity contribution in [1.82, 2.24) is 10.6 Å². The van der Waals surface area contributed by atoms with Crippen LogP contribution in [0.5, 0.6) is 5.75 Å². The summed E-state index contributed by atoms with van der Waals surface area (Å²) in [6.07, 6.45) is 2.79. The number of rotatable bonds is 4. The summed E-state index contributed by atoms with van der Waals surface area (Å²) in [7, 11) is 1.67. The molecule has 1 amide bonds. The van der Waals surface area contributed by atoms with E-state index in [1.54, 1.807) is 7.11 Å². The standard InChI is InChI=1S/C18H26ClN3O2/c1-12-9-13(5-7-20-12)18(23)21-15-6-8-22(11-15)16-10-14(19)3-4-17(16)24-2/h3-4,10,12-13,15,20H,5-9,11H2,1-2H3,(H,21,23)/t12-,13-,15?/m0/s1. The van der Waals surface area contributed by atoms with Crippen LogP contribution in [0.25, 0.3) is 0 Å². The molecule has 0 radical (unpaired) electrons. The van der Waals surface area contributed by atoms with Gasteiger partial charge in [0.15, 0.2) is 0 Å². The Kier molecular flexibility index (Phi) is 5.51. The number of piperidine rings is 1. The lowest BCUT2D eigenvalue weighted by molar-refractivity contribution is -0.126. The highest BCUT2D eigenvalue weighted by atomic mass is 35.5. The first kappa shape index (κ1) is 17.4. The number of nitrogens with zero attached hydrogens (tertiary/aromatic N) is 1. The number of hydrogen-bond acceptors (Lipinski definition) is 4. The van der Waals surface area contributed by atoms with Crippen molar-refractivity contribution < 1.29 is 9.53 Å². The summed E-state index contributed by atoms with van der Waals surface area (Å²) in [6.45, 7) is 4.76. The van der Waals surface area contributed by atoms with Crippen LogP contribution in [-0.2, 0) is 4.79 Å². The Hall–Kier alpha value is -1.46. The molecular weight excluding hydrogens is 326 g/mol. The Bertz CT molecular complexity index is 596. The molecule has 1 aromatic carbocycles. The predicted octanol–water partition coefficient (Wildman–Crippen LogP) is 2.43. The number of halogens is 1. The second-order valence-electron chi connectivity index (χ2n) is 6.83. The number of carbonyl (C=O) groups excluding carboxylic acids is 1. The van der Waals surface area contributed by atoms with E-state index in [2.05, 4.69) is 22.5 Å². The van der Waals surface area contributed by atoms with Crippen LogP contribution < -0.4 is 20.3 Å². The van der Waals surface area contributed by atoms with Crippen molar-refractivity contribution in [2.24, 2.45) is 5.92 Å². The molecule has 1 aromatic rings. The molecule has 0 aromatic heterocycles. The number of amides is 1. The average Bonchev–Trinajstić information content (AvgIpc) is 3.03. The lowest BCUT2D eigenvalue weighted by Crippen LogP contribution is -2.46. The van der Waals surface area contributed by atoms with Crippen molar-refractivity contribution >= 4 is 23.2 Å². The van der Waals surface area contributed by atoms with Crippen LogP contribution in [0.4, 0.5) is 5.69 Å². The molecule has 2 aliphatic rings. The number of ether oxygens (including phenoxy) is 1. The van der Waals surface area contributed by atoms with E-state index in [9.17, 15) is 4.79 Å². The third-order valence-corrected chi connectivity index (χ3v) is 5.25. The van der Waals surface area contributed by atoms with Gasteiger partial charge < -0.3 is 20.3 Å². The van der Waals surface area contributed by atoms with Gasteiger partial charge in [0.1, 0.15) is 5.75 Å². The van der Waals surface area contributed by atoms with Crippen molar-refractivity contribution in [3.8, 4) is 5.75 Å². The number of methoxy groups -OCH3 is 1. The van der Waals surface area contributed by atoms with Crippen molar-refractivity contribution in [1.29, 1.82) is 0 Å². The summed E-state index contributed by atoms with van der Waals surface area (Å²) >= 11 is 6.13. The zero-order chi connectivity index (χ0) is 17.1. The normalized spacial score (nSPS) is 27.1. The van der Waals surface area contributed by atoms with Crippen molar-refractivity contribution in [2.45, 2.75) is 38.3 Å². The summed E-state index contributed by atoms with van der Waals surface area (Å²) in [5.41, 5.74) is 0.997. The number of hydrogen-bond donors (Lipinski definition) is 2. The smallest absolute Gasteiger partial charge is 0.223 e. The van der Waals surface area contributed by atoms with Gasteiger partial charge in [-0.05, 0) is 50.9 Å². The van der Waals surface area contributed by atoms with E-state index in [4.69, 9.17) is 16.3 Å². The van der Waals surface area contributed by atoms with Gasteiger partial charge in [0.05, 0.1) is 12.8 Å². The van der Waals surface area contributed by atoms with Gasteiger partial charge in [-0.1, -0.05) is 11.6 Å². The first-order valence-corrected chi connectivity index (χ1v) is 9.07. The molecule has 2 aliphatic heterocycles. The SMILES string of the molecule is COc1ccc(Cl)cc1N1CCC(NC(=O)[C@H]2CCN[C@@H](C)C2)C1. The van der Waals surface area contributed by atoms with Crippen LogP contribution in [0.2, 0.25) is 5.02 Å². The van der Waals surface area contributed by atoms with Crippen LogP contribution in [-0.4, -0.2) is 44.7 Å². The van der Waals surface area contributed by atoms with Gasteiger partial charge in [-0.15, -0.1) is 0 Å². The molecule has 0 bridgehead atoms. The highest BCUT2D eigenvalue weighted by molar-refractivity contribution is 6.30. The first-order chi connectivity index (χ1) is 11.6. The average molecular weight is 352 g/mol. The maximum atomic E-state index is 12.5. The van der Waals surface area contributed by atoms with E-state index in [1.807, 2.05) is 18.2 Å². The Morgan fingerprint density at radius 2 is 2.25 bits per heavy atom. The molecule has 3 atom stereocenters. The highest BCUT2D eigenvalue weighted by Crippen LogP contribution is 2.33. The molecule has 6 heteroatoms. The summed E-state index contributed by atoms with van der Waals surface area (Å²) in [5.74, 6) is 1.16. The van der Waals surface area contributed by atoms with Gasteiger partial charge in [0.25, 0.3) is 0 Å². The fourth-order valence-corrected chi connectivity index (χ4v) is 3.86. The van der Waals surface area contributed by atoms with Crippen LogP contribution in [0, 0.1) is 5.92 Å². The van der Waals surface area contributed by atoms with Gasteiger partial charge in [-0.25, -0.2) is 0 Å². The molecule has 0 aliphatic carbocycles. The van der Waals surface area contributed by atoms with Crippen molar-refractivity contribution in [3.05, 3.63) is 23.2 Å². The topological polar surface area (TPSA) is 53.6 Å². The molecule has 132 valence electrons. The van der Waals surface area contributed by atoms with Gasteiger partial charge in [-0.3, -0.25) is 4.79 Å². The van der Waals surface area contributed by atoms with Crippen molar-refractivity contribution in [3.63, 3.8) is 0 Å². The summed E-state index contributed by atoms with van der Waals surface area (Å²) < 4.78 is 5.44. The van der Waals surface area contributed by atoms with E-state index in [1.165, 1.54) is 0 Å². The first-order valence-electron chi connectivity index (χ1n) is 8.69. The molecule has 5 nitrogen and oxygen atoms in total. The highest BCUT2D eigenvalue weighted by Gasteiger charge is 2.30. The van der Waals surface area contributed by atoms with E-state index in [0.29, 0.717) is 11.1 Å². The van der Waals surface area contributed by atoms with Gasteiger partial charge in [0, 0.05) is 36.1 Å². The molecule has 2 saturated heterocycles. The molecule has 24 heavy (non-hydrogen) atoms. The van der Waals surface area contributed by atoms with E-state index in [0.717, 1.165) is 50.3 Å². The van der Waals surface area contributed by atoms with Crippen LogP contribution in [0.15, 0.2) is 18.2 Å². The predicted molar refractivity (Wildman–Crippen MR) is 97.0 cm³/mol. The number of nitrogens with one attached hydrogen (secondary N) is 2. The van der Waals surface area contributed by atoms with Crippen LogP contribution in [0.3, 0.4) is 0 Å². The molecule has 0 saturated carbocycles. The molecule has 3 rings (SSSR count). The van der Waals surface area contributed by atoms with Gasteiger partial charge in [-0.2, -0.15) is 0 Å². The van der Waals surface area contributed by atoms with Crippen LogP contribution >= 0.6 is 11.6 Å². The Labute approximate surface area is 148 Å². The van der Waals surface area contributed by atoms with E-state index < -0.39 is 0 Å². The molecule has 0 spiro atoms. The Morgan fingerprint density at radius 1 is 1.42 bits per heavy atom. The fraction of sp³-hybridized carbons (Fsp3) is 0.611. The lowest BCUT2D eigenvalue weighted by Gasteiger charge is -2.28. The Balaban J connectivity index is 1.59. The minimum atomic E-state index is 0.135. The summed E-state index contributed by atoms with van der Waals surface area (Å²) in [5, 5.41) is 7.33. The zero-order valence-corrected chi connectivity index (χ0v) is 15.1. The Morgan fingerprint density at radius 3 is 3.00 bits per heavy atom. The molecule has 2 heterocycles. The monoisotopic (exact) mass is 351 g/mol. The summed E-state index contributed by atoms with van der Waals surface area (Å²) in [6, 6.07) is 6.26.